The van der Waals surface area contributed by atoms with Crippen molar-refractivity contribution in [2.75, 3.05) is 0 Å². The summed E-state index contributed by atoms with van der Waals surface area (Å²) < 4.78 is 8.74. The number of rotatable bonds is 0. The number of hydrogen-bond donors (Lipinski definition) is 2. The summed E-state index contributed by atoms with van der Waals surface area (Å²) in [6.07, 6.45) is 0. The van der Waals surface area contributed by atoms with Crippen molar-refractivity contribution in [2.24, 2.45) is 0 Å². The molecular weight excluding hydrogens is 172 g/mol. The Bertz CT molecular complexity index is 41.5. The van der Waals surface area contributed by atoms with E-state index in [-0.39, 0.29) is 48.5 Å². The van der Waals surface area contributed by atoms with E-state index in [0.717, 1.165) is 0 Å². The van der Waals surface area contributed by atoms with Crippen LogP contribution < -0.4 is 0 Å². The molecule has 0 aromatic rings. The van der Waals surface area contributed by atoms with Crippen LogP contribution in [0.2, 0.25) is 0 Å². The van der Waals surface area contributed by atoms with Gasteiger partial charge in [-0.3, -0.25) is 4.46 Å². The van der Waals surface area contributed by atoms with Crippen molar-refractivity contribution in [1.82, 2.24) is 0 Å². The molecule has 0 amide bonds. The molecule has 7 heteroatoms. The summed E-state index contributed by atoms with van der Waals surface area (Å²) in [6, 6.07) is 0. The van der Waals surface area contributed by atoms with Gasteiger partial charge in [-0.15, -0.1) is 0 Å². The maximum atomic E-state index is 8.74. The fourth-order valence-corrected chi connectivity index (χ4v) is 0. The SMILES string of the molecule is O.O=[Si](O)O.[Fe].[H-].[H-].[Mg+2]. The molecule has 0 aromatic carbocycles. The fourth-order valence-electron chi connectivity index (χ4n) is 0. The molecule has 0 fully saturated rings. The van der Waals surface area contributed by atoms with E-state index in [4.69, 9.17) is 14.1 Å². The Hall–Kier alpha value is 0.863. The van der Waals surface area contributed by atoms with Gasteiger partial charge in [0, 0.05) is 17.1 Å². The van der Waals surface area contributed by atoms with Crippen LogP contribution in [0.4, 0.5) is 0 Å². The Kier molecular flexibility index (Phi) is 56.1. The van der Waals surface area contributed by atoms with Crippen molar-refractivity contribution in [1.29, 1.82) is 0 Å². The van der Waals surface area contributed by atoms with Gasteiger partial charge in [-0.25, -0.2) is 0 Å². The quantitative estimate of drug-likeness (QED) is 0.399. The van der Waals surface area contributed by atoms with Crippen molar-refractivity contribution >= 4 is 32.2 Å². The molecule has 7 heavy (non-hydrogen) atoms. The summed E-state index contributed by atoms with van der Waals surface area (Å²) >= 11 is 0. The molecule has 0 radical (unpaired) electrons. The van der Waals surface area contributed by atoms with Crippen LogP contribution in [0.3, 0.4) is 0 Å². The van der Waals surface area contributed by atoms with E-state index in [2.05, 4.69) is 0 Å². The molecule has 0 aliphatic rings. The summed E-state index contributed by atoms with van der Waals surface area (Å²) in [5, 5.41) is 0. The van der Waals surface area contributed by atoms with E-state index in [1.165, 1.54) is 0 Å². The summed E-state index contributed by atoms with van der Waals surface area (Å²) in [5.74, 6) is 0. The molecule has 0 aromatic heterocycles. The molecule has 44 valence electrons. The molecule has 4 nitrogen and oxygen atoms in total. The molecule has 0 atom stereocenters. The first-order valence-corrected chi connectivity index (χ1v) is 1.95. The molecule has 4 N–H and O–H groups in total. The van der Waals surface area contributed by atoms with Gasteiger partial charge in [0.25, 0.3) is 0 Å². The van der Waals surface area contributed by atoms with Gasteiger partial charge in [-0.1, -0.05) is 0 Å². The van der Waals surface area contributed by atoms with Gasteiger partial charge >= 0.3 is 32.2 Å². The van der Waals surface area contributed by atoms with Gasteiger partial charge < -0.3 is 17.9 Å². The van der Waals surface area contributed by atoms with E-state index < -0.39 is 9.17 Å². The van der Waals surface area contributed by atoms with E-state index in [0.29, 0.717) is 0 Å². The molecule has 0 saturated heterocycles. The standard InChI is InChI=1S/Fe.Mg.H2O3Si.H2O.2H/c;;1-4(2)3;;;/h;;1-2H;1H2;;/q;+2;;;2*-1. The van der Waals surface area contributed by atoms with Crippen LogP contribution in [0.25, 0.3) is 0 Å². The van der Waals surface area contributed by atoms with E-state index in [1.54, 1.807) is 0 Å². The van der Waals surface area contributed by atoms with Crippen LogP contribution in [0.5, 0.6) is 0 Å². The van der Waals surface area contributed by atoms with Gasteiger partial charge in [-0.2, -0.15) is 0 Å². The van der Waals surface area contributed by atoms with Gasteiger partial charge in [0.2, 0.25) is 0 Å². The predicted molar refractivity (Wildman–Crippen MR) is 22.5 cm³/mol. The van der Waals surface area contributed by atoms with Crippen LogP contribution in [0, 0.1) is 0 Å². The van der Waals surface area contributed by atoms with Crippen LogP contribution in [0.1, 0.15) is 2.85 Å². The van der Waals surface area contributed by atoms with E-state index >= 15 is 0 Å². The number of hydrogen-bond acceptors (Lipinski definition) is 1. The van der Waals surface area contributed by atoms with Crippen LogP contribution in [0.15, 0.2) is 0 Å². The first kappa shape index (κ1) is 24.8. The molecule has 0 rings (SSSR count). The minimum atomic E-state index is -3.13. The van der Waals surface area contributed by atoms with Crippen LogP contribution in [-0.2, 0) is 21.5 Å². The molecule has 0 heterocycles. The Morgan fingerprint density at radius 2 is 1.43 bits per heavy atom. The molecule has 0 aliphatic heterocycles. The van der Waals surface area contributed by atoms with Crippen molar-refractivity contribution in [3.63, 3.8) is 0 Å². The first-order valence-electron chi connectivity index (χ1n) is 0.651. The second-order valence-electron chi connectivity index (χ2n) is 0.283. The topological polar surface area (TPSA) is 89.0 Å². The summed E-state index contributed by atoms with van der Waals surface area (Å²) in [5.41, 5.74) is 0. The largest absolute Gasteiger partial charge is 2.00 e. The molecule has 0 bridgehead atoms. The Morgan fingerprint density at radius 1 is 1.43 bits per heavy atom. The maximum Gasteiger partial charge on any atom is 2.00 e. The van der Waals surface area contributed by atoms with E-state index in [9.17, 15) is 0 Å². The Labute approximate surface area is 71.7 Å². The fraction of sp³-hybridized carbons (Fsp3) is 0. The summed E-state index contributed by atoms with van der Waals surface area (Å²) in [7, 11) is -3.13. The van der Waals surface area contributed by atoms with Crippen LogP contribution >= 0.6 is 0 Å². The van der Waals surface area contributed by atoms with Crippen LogP contribution in [-0.4, -0.2) is 47.3 Å². The average Bonchev–Trinajstić information content (AvgIpc) is 0.811. The normalized spacial score (nSPS) is 3.43. The smallest absolute Gasteiger partial charge is 1.00 e. The second-order valence-corrected chi connectivity index (χ2v) is 0.848. The predicted octanol–water partition coefficient (Wildman–Crippen LogP) is -2.60. The third-order valence-electron chi connectivity index (χ3n) is 0. The molecule has 0 saturated carbocycles. The van der Waals surface area contributed by atoms with Crippen molar-refractivity contribution < 1.29 is 39.5 Å². The third kappa shape index (κ3) is 218. The Balaban J connectivity index is -0.00000000450. The zero-order valence-corrected chi connectivity index (χ0v) is 6.88. The van der Waals surface area contributed by atoms with Gasteiger partial charge in [0.1, 0.15) is 0 Å². The first-order chi connectivity index (χ1) is 1.73. The summed E-state index contributed by atoms with van der Waals surface area (Å²) in [6.45, 7) is 0. The van der Waals surface area contributed by atoms with Gasteiger partial charge in [0.05, 0.1) is 0 Å². The Morgan fingerprint density at radius 3 is 1.43 bits per heavy atom. The molecule has 0 unspecified atom stereocenters. The zero-order chi connectivity index (χ0) is 3.58. The van der Waals surface area contributed by atoms with Crippen molar-refractivity contribution in [2.45, 2.75) is 0 Å². The van der Waals surface area contributed by atoms with Crippen molar-refractivity contribution in [3.8, 4) is 0 Å². The molecule has 0 aliphatic carbocycles. The van der Waals surface area contributed by atoms with E-state index in [1.807, 2.05) is 0 Å². The average molecular weight is 178 g/mol. The minimum Gasteiger partial charge on any atom is -1.00 e. The zero-order valence-electron chi connectivity index (χ0n) is 5.36. The molecule has 0 spiro atoms. The van der Waals surface area contributed by atoms with Gasteiger partial charge in [-0.05, 0) is 0 Å². The second kappa shape index (κ2) is 15.8. The molecular formula is H6FeMgO4Si. The van der Waals surface area contributed by atoms with Crippen molar-refractivity contribution in [3.05, 3.63) is 0 Å². The van der Waals surface area contributed by atoms with Gasteiger partial charge in [0.15, 0.2) is 0 Å². The maximum absolute atomic E-state index is 8.74. The summed E-state index contributed by atoms with van der Waals surface area (Å²) in [4.78, 5) is 14.3. The third-order valence-corrected chi connectivity index (χ3v) is 0. The minimum absolute atomic E-state index is 0. The monoisotopic (exact) mass is 178 g/mol.